The Kier molecular flexibility index (Phi) is 4.70. The van der Waals surface area contributed by atoms with E-state index < -0.39 is 37.1 Å². The van der Waals surface area contributed by atoms with Crippen LogP contribution < -0.4 is 5.32 Å². The molecule has 0 radical (unpaired) electrons. The van der Waals surface area contributed by atoms with Crippen molar-refractivity contribution in [3.8, 4) is 0 Å². The maximum absolute atomic E-state index is 12.5. The number of alkyl halides is 4. The van der Waals surface area contributed by atoms with Crippen molar-refractivity contribution in [2.24, 2.45) is 0 Å². The van der Waals surface area contributed by atoms with Gasteiger partial charge in [0.1, 0.15) is 0 Å². The van der Waals surface area contributed by atoms with E-state index in [0.29, 0.717) is 12.8 Å². The highest BCUT2D eigenvalue weighted by atomic mass is 19.3. The first-order valence-electron chi connectivity index (χ1n) is 5.08. The lowest BCUT2D eigenvalue weighted by Gasteiger charge is -2.17. The summed E-state index contributed by atoms with van der Waals surface area (Å²) in [6.07, 6.45) is -4.47. The number of aliphatic carboxylic acids is 1. The quantitative estimate of drug-likeness (QED) is 0.701. The number of nitrogens with one attached hydrogen (secondary N) is 1. The minimum Gasteiger partial charge on any atom is -0.479 e. The average Bonchev–Trinajstić information content (AvgIpc) is 2.66. The molecule has 0 saturated carbocycles. The lowest BCUT2D eigenvalue weighted by molar-refractivity contribution is -0.149. The van der Waals surface area contributed by atoms with E-state index in [9.17, 15) is 22.4 Å². The van der Waals surface area contributed by atoms with Crippen molar-refractivity contribution in [1.29, 1.82) is 0 Å². The molecule has 8 heteroatoms. The Hall–Kier alpha value is -0.890. The Morgan fingerprint density at radius 2 is 2.12 bits per heavy atom. The monoisotopic (exact) mass is 259 g/mol. The standard InChI is InChI=1S/C9H13F4NO3/c10-8(11)9(12,13)4-14-3-5-1-2-6(17-5)7(15)16/h5-6,8,14H,1-4H2,(H,15,16). The normalized spacial score (nSPS) is 25.5. The number of rotatable bonds is 6. The molecule has 2 atom stereocenters. The number of hydrogen-bond acceptors (Lipinski definition) is 3. The van der Waals surface area contributed by atoms with Gasteiger partial charge in [-0.2, -0.15) is 8.78 Å². The zero-order chi connectivity index (χ0) is 13.1. The second-order valence-corrected chi connectivity index (χ2v) is 3.85. The molecule has 1 heterocycles. The summed E-state index contributed by atoms with van der Waals surface area (Å²) in [6.45, 7) is -1.21. The molecule has 0 amide bonds. The first-order chi connectivity index (χ1) is 7.83. The largest absolute Gasteiger partial charge is 0.479 e. The second-order valence-electron chi connectivity index (χ2n) is 3.85. The second kappa shape index (κ2) is 5.63. The number of carboxylic acid groups (broad SMARTS) is 1. The van der Waals surface area contributed by atoms with Gasteiger partial charge in [0.15, 0.2) is 6.10 Å². The van der Waals surface area contributed by atoms with Gasteiger partial charge in [-0.1, -0.05) is 0 Å². The fraction of sp³-hybridized carbons (Fsp3) is 0.889. The zero-order valence-corrected chi connectivity index (χ0v) is 8.84. The maximum Gasteiger partial charge on any atom is 0.332 e. The van der Waals surface area contributed by atoms with Crippen molar-refractivity contribution in [3.63, 3.8) is 0 Å². The molecular formula is C9H13F4NO3. The van der Waals surface area contributed by atoms with Gasteiger partial charge in [0, 0.05) is 6.54 Å². The van der Waals surface area contributed by atoms with E-state index in [4.69, 9.17) is 9.84 Å². The summed E-state index contributed by atoms with van der Waals surface area (Å²) in [5, 5.41) is 10.8. The smallest absolute Gasteiger partial charge is 0.332 e. The van der Waals surface area contributed by atoms with Crippen molar-refractivity contribution < 1.29 is 32.2 Å². The van der Waals surface area contributed by atoms with Crippen LogP contribution in [0, 0.1) is 0 Å². The molecule has 0 bridgehead atoms. The summed E-state index contributed by atoms with van der Waals surface area (Å²) in [4.78, 5) is 10.5. The molecule has 2 N–H and O–H groups in total. The lowest BCUT2D eigenvalue weighted by atomic mass is 10.2. The number of halogens is 4. The Morgan fingerprint density at radius 3 is 2.59 bits per heavy atom. The summed E-state index contributed by atoms with van der Waals surface area (Å²) in [5.74, 6) is -5.18. The first-order valence-corrected chi connectivity index (χ1v) is 5.08. The van der Waals surface area contributed by atoms with E-state index >= 15 is 0 Å². The Morgan fingerprint density at radius 1 is 1.47 bits per heavy atom. The molecule has 100 valence electrons. The van der Waals surface area contributed by atoms with Crippen LogP contribution in [-0.4, -0.2) is 48.7 Å². The van der Waals surface area contributed by atoms with Crippen molar-refractivity contribution in [1.82, 2.24) is 5.32 Å². The molecule has 1 aliphatic rings. The molecule has 0 aromatic carbocycles. The van der Waals surface area contributed by atoms with Crippen LogP contribution in [0.3, 0.4) is 0 Å². The molecule has 0 aromatic heterocycles. The van der Waals surface area contributed by atoms with Gasteiger partial charge in [-0.05, 0) is 12.8 Å². The summed E-state index contributed by atoms with van der Waals surface area (Å²) >= 11 is 0. The highest BCUT2D eigenvalue weighted by Crippen LogP contribution is 2.22. The summed E-state index contributed by atoms with van der Waals surface area (Å²) < 4.78 is 53.5. The zero-order valence-electron chi connectivity index (χ0n) is 8.84. The molecular weight excluding hydrogens is 246 g/mol. The van der Waals surface area contributed by atoms with Crippen molar-refractivity contribution in [3.05, 3.63) is 0 Å². The highest BCUT2D eigenvalue weighted by Gasteiger charge is 2.40. The van der Waals surface area contributed by atoms with Crippen LogP contribution in [0.2, 0.25) is 0 Å². The number of ether oxygens (including phenoxy) is 1. The van der Waals surface area contributed by atoms with E-state index in [1.807, 2.05) is 0 Å². The third-order valence-corrected chi connectivity index (χ3v) is 2.43. The van der Waals surface area contributed by atoms with E-state index in [1.165, 1.54) is 0 Å². The summed E-state index contributed by atoms with van der Waals surface area (Å²) in [5.41, 5.74) is 0. The molecule has 1 fully saturated rings. The van der Waals surface area contributed by atoms with E-state index in [0.717, 1.165) is 0 Å². The minimum atomic E-state index is -4.08. The third kappa shape index (κ3) is 4.12. The molecule has 17 heavy (non-hydrogen) atoms. The van der Waals surface area contributed by atoms with Gasteiger partial charge in [-0.15, -0.1) is 0 Å². The van der Waals surface area contributed by atoms with E-state index in [1.54, 1.807) is 0 Å². The third-order valence-electron chi connectivity index (χ3n) is 2.43. The van der Waals surface area contributed by atoms with Gasteiger partial charge in [0.2, 0.25) is 0 Å². The van der Waals surface area contributed by atoms with Crippen LogP contribution in [0.15, 0.2) is 0 Å². The van der Waals surface area contributed by atoms with Gasteiger partial charge in [0.25, 0.3) is 0 Å². The fourth-order valence-corrected chi connectivity index (χ4v) is 1.51. The lowest BCUT2D eigenvalue weighted by Crippen LogP contribution is -2.41. The van der Waals surface area contributed by atoms with E-state index in [-0.39, 0.29) is 6.54 Å². The van der Waals surface area contributed by atoms with Gasteiger partial charge in [-0.3, -0.25) is 0 Å². The van der Waals surface area contributed by atoms with Gasteiger partial charge in [-0.25, -0.2) is 13.6 Å². The van der Waals surface area contributed by atoms with Crippen LogP contribution in [0.25, 0.3) is 0 Å². The minimum absolute atomic E-state index is 0.0634. The molecule has 4 nitrogen and oxygen atoms in total. The number of hydrogen-bond donors (Lipinski definition) is 2. The van der Waals surface area contributed by atoms with Crippen LogP contribution >= 0.6 is 0 Å². The SMILES string of the molecule is O=C(O)C1CCC(CNCC(F)(F)C(F)F)O1. The number of carboxylic acids is 1. The van der Waals surface area contributed by atoms with E-state index in [2.05, 4.69) is 5.32 Å². The summed E-state index contributed by atoms with van der Waals surface area (Å²) in [7, 11) is 0. The van der Waals surface area contributed by atoms with Crippen molar-refractivity contribution in [2.75, 3.05) is 13.1 Å². The van der Waals surface area contributed by atoms with Gasteiger partial charge < -0.3 is 15.2 Å². The van der Waals surface area contributed by atoms with Crippen molar-refractivity contribution in [2.45, 2.75) is 37.4 Å². The molecule has 0 aliphatic carbocycles. The van der Waals surface area contributed by atoms with Gasteiger partial charge in [0.05, 0.1) is 12.6 Å². The van der Waals surface area contributed by atoms with Crippen molar-refractivity contribution >= 4 is 5.97 Å². The Balaban J connectivity index is 2.23. The average molecular weight is 259 g/mol. The first kappa shape index (κ1) is 14.2. The van der Waals surface area contributed by atoms with Crippen LogP contribution in [0.1, 0.15) is 12.8 Å². The van der Waals surface area contributed by atoms with Crippen LogP contribution in [0.5, 0.6) is 0 Å². The number of carbonyl (C=O) groups is 1. The topological polar surface area (TPSA) is 58.6 Å². The van der Waals surface area contributed by atoms with Crippen LogP contribution in [-0.2, 0) is 9.53 Å². The predicted octanol–water partition coefficient (Wildman–Crippen LogP) is 1.11. The Labute approximate surface area is 94.9 Å². The molecule has 1 rings (SSSR count). The summed E-state index contributed by atoms with van der Waals surface area (Å²) in [6, 6.07) is 0. The molecule has 0 spiro atoms. The molecule has 2 unspecified atom stereocenters. The fourth-order valence-electron chi connectivity index (χ4n) is 1.51. The molecule has 1 saturated heterocycles. The van der Waals surface area contributed by atoms with Gasteiger partial charge >= 0.3 is 18.3 Å². The highest BCUT2D eigenvalue weighted by molar-refractivity contribution is 5.72. The Bertz CT molecular complexity index is 275. The predicted molar refractivity (Wildman–Crippen MR) is 49.4 cm³/mol. The van der Waals surface area contributed by atoms with Crippen LogP contribution in [0.4, 0.5) is 17.6 Å². The molecule has 0 aromatic rings. The maximum atomic E-state index is 12.5. The molecule has 1 aliphatic heterocycles.